The van der Waals surface area contributed by atoms with Crippen LogP contribution in [0.5, 0.6) is 0 Å². The first kappa shape index (κ1) is 44.1. The lowest BCUT2D eigenvalue weighted by molar-refractivity contribution is 0.00578. The van der Waals surface area contributed by atoms with E-state index >= 15 is 0 Å². The van der Waals surface area contributed by atoms with Gasteiger partial charge >= 0.3 is 14.2 Å². The predicted octanol–water partition coefficient (Wildman–Crippen LogP) is 13.2. The van der Waals surface area contributed by atoms with Crippen LogP contribution in [0.2, 0.25) is 0 Å². The van der Waals surface area contributed by atoms with Crippen LogP contribution in [0.3, 0.4) is 0 Å². The van der Waals surface area contributed by atoms with Gasteiger partial charge in [0.25, 0.3) is 0 Å². The molecule has 0 amide bonds. The van der Waals surface area contributed by atoms with Gasteiger partial charge in [0.15, 0.2) is 0 Å². The Bertz CT molecular complexity index is 1310. The van der Waals surface area contributed by atoms with E-state index in [2.05, 4.69) is 88.3 Å². The second-order valence-corrected chi connectivity index (χ2v) is 20.4. The van der Waals surface area contributed by atoms with E-state index in [-0.39, 0.29) is 36.6 Å². The highest BCUT2D eigenvalue weighted by molar-refractivity contribution is 7.31. The Balaban J connectivity index is 1.52. The Morgan fingerprint density at radius 3 is 1.33 bits per heavy atom. The SMILES string of the molecule is CCCCCCCCCCCCc1cc(-c2cc(C(C)CCCCCCCCCC)c(B3OC(C)(C)C(C)(C)O3)s2)sc1B1OC(C)(C)C(C)(C)O1. The number of aryl methyl sites for hydroxylation is 1. The summed E-state index contributed by atoms with van der Waals surface area (Å²) in [5, 5.41) is 0. The highest BCUT2D eigenvalue weighted by Crippen LogP contribution is 2.42. The van der Waals surface area contributed by atoms with Crippen LogP contribution in [0.15, 0.2) is 12.1 Å². The number of rotatable bonds is 24. The maximum atomic E-state index is 6.71. The molecule has 2 aromatic rings. The minimum absolute atomic E-state index is 0.329. The van der Waals surface area contributed by atoms with Crippen LogP contribution >= 0.6 is 22.7 Å². The molecule has 2 aliphatic heterocycles. The fourth-order valence-corrected chi connectivity index (χ4v) is 10.00. The lowest BCUT2D eigenvalue weighted by Crippen LogP contribution is -2.41. The van der Waals surface area contributed by atoms with E-state index in [9.17, 15) is 0 Å². The summed E-state index contributed by atoms with van der Waals surface area (Å²) in [6.45, 7) is 24.3. The van der Waals surface area contributed by atoms with Crippen molar-refractivity contribution in [3.63, 3.8) is 0 Å². The summed E-state index contributed by atoms with van der Waals surface area (Å²) >= 11 is 3.76. The second-order valence-electron chi connectivity index (χ2n) is 18.2. The molecular formula is C44H76B2O4S2. The number of unbranched alkanes of at least 4 members (excludes halogenated alkanes) is 16. The molecule has 4 nitrogen and oxygen atoms in total. The fraction of sp³-hybridized carbons (Fsp3) is 0.818. The molecule has 4 heterocycles. The van der Waals surface area contributed by atoms with E-state index in [1.807, 2.05) is 22.7 Å². The third-order valence-electron chi connectivity index (χ3n) is 12.6. The first-order valence-corrected chi connectivity index (χ1v) is 23.2. The van der Waals surface area contributed by atoms with Gasteiger partial charge in [-0.1, -0.05) is 130 Å². The van der Waals surface area contributed by atoms with Gasteiger partial charge in [0.1, 0.15) is 0 Å². The summed E-state index contributed by atoms with van der Waals surface area (Å²) in [6, 6.07) is 4.94. The molecule has 2 fully saturated rings. The van der Waals surface area contributed by atoms with Gasteiger partial charge in [-0.25, -0.2) is 0 Å². The molecule has 4 rings (SSSR count). The molecule has 0 aliphatic carbocycles. The lowest BCUT2D eigenvalue weighted by atomic mass is 9.80. The van der Waals surface area contributed by atoms with Crippen molar-refractivity contribution in [2.75, 3.05) is 0 Å². The molecule has 2 aromatic heterocycles. The van der Waals surface area contributed by atoms with Crippen LogP contribution in [0.4, 0.5) is 0 Å². The van der Waals surface area contributed by atoms with E-state index in [4.69, 9.17) is 18.6 Å². The van der Waals surface area contributed by atoms with Gasteiger partial charge in [-0.3, -0.25) is 0 Å². The molecule has 2 saturated heterocycles. The van der Waals surface area contributed by atoms with Crippen molar-refractivity contribution < 1.29 is 18.6 Å². The van der Waals surface area contributed by atoms with E-state index in [0.717, 1.165) is 6.42 Å². The summed E-state index contributed by atoms with van der Waals surface area (Å²) in [5.74, 6) is 0.452. The predicted molar refractivity (Wildman–Crippen MR) is 230 cm³/mol. The molecule has 8 heteroatoms. The fourth-order valence-electron chi connectivity index (χ4n) is 7.51. The van der Waals surface area contributed by atoms with Crippen LogP contribution in [-0.2, 0) is 25.0 Å². The van der Waals surface area contributed by atoms with Crippen LogP contribution in [-0.4, -0.2) is 36.6 Å². The Hall–Kier alpha value is -0.630. The maximum Gasteiger partial charge on any atom is 0.505 e. The summed E-state index contributed by atoms with van der Waals surface area (Å²) in [6.07, 6.45) is 26.6. The lowest BCUT2D eigenvalue weighted by Gasteiger charge is -2.32. The molecule has 0 aromatic carbocycles. The zero-order valence-electron chi connectivity index (χ0n) is 35.5. The highest BCUT2D eigenvalue weighted by atomic mass is 32.1. The van der Waals surface area contributed by atoms with Gasteiger partial charge in [-0.15, -0.1) is 22.7 Å². The Morgan fingerprint density at radius 2 is 0.865 bits per heavy atom. The first-order valence-electron chi connectivity index (χ1n) is 21.6. The number of hydrogen-bond acceptors (Lipinski definition) is 6. The Labute approximate surface area is 329 Å². The molecular weight excluding hydrogens is 678 g/mol. The summed E-state index contributed by atoms with van der Waals surface area (Å²) < 4.78 is 29.3. The quantitative estimate of drug-likeness (QED) is 0.0790. The van der Waals surface area contributed by atoms with E-state index in [0.29, 0.717) is 5.92 Å². The normalized spacial score (nSPS) is 19.6. The average molecular weight is 755 g/mol. The number of hydrogen-bond donors (Lipinski definition) is 0. The zero-order chi connectivity index (χ0) is 38.0. The van der Waals surface area contributed by atoms with Crippen LogP contribution in [0.25, 0.3) is 9.75 Å². The monoisotopic (exact) mass is 755 g/mol. The Kier molecular flexibility index (Phi) is 16.9. The van der Waals surface area contributed by atoms with Gasteiger partial charge in [0, 0.05) is 19.3 Å². The van der Waals surface area contributed by atoms with Crippen LogP contribution in [0.1, 0.15) is 215 Å². The van der Waals surface area contributed by atoms with Crippen LogP contribution < -0.4 is 9.55 Å². The van der Waals surface area contributed by atoms with E-state index < -0.39 is 0 Å². The molecule has 1 atom stereocenters. The minimum atomic E-state index is -0.366. The first-order chi connectivity index (χ1) is 24.6. The van der Waals surface area contributed by atoms with Crippen molar-refractivity contribution in [2.24, 2.45) is 0 Å². The van der Waals surface area contributed by atoms with Crippen LogP contribution in [0, 0.1) is 0 Å². The van der Waals surface area contributed by atoms with Gasteiger partial charge in [0.2, 0.25) is 0 Å². The highest BCUT2D eigenvalue weighted by Gasteiger charge is 2.54. The molecule has 0 N–H and O–H groups in total. The standard InChI is InChI=1S/C44H76B2O4S2/c1-12-14-16-18-20-22-23-25-27-29-31-35-32-37(51-39(35)45-47-41(4,5)42(6,7)48-45)38-33-36(34(3)30-28-26-24-21-19-17-15-13-2)40(52-38)46-49-43(8,9)44(10,11)50-46/h32-34H,12-31H2,1-11H3. The van der Waals surface area contributed by atoms with E-state index in [1.165, 1.54) is 152 Å². The number of thiophene rings is 2. The van der Waals surface area contributed by atoms with Crippen molar-refractivity contribution in [1.82, 2.24) is 0 Å². The van der Waals surface area contributed by atoms with Gasteiger partial charge in [-0.05, 0) is 104 Å². The molecule has 0 saturated carbocycles. The molecule has 294 valence electrons. The van der Waals surface area contributed by atoms with Crippen molar-refractivity contribution >= 4 is 46.5 Å². The van der Waals surface area contributed by atoms with Crippen molar-refractivity contribution in [2.45, 2.75) is 233 Å². The summed E-state index contributed by atoms with van der Waals surface area (Å²) in [4.78, 5) is 2.64. The smallest absolute Gasteiger partial charge is 0.399 e. The summed E-state index contributed by atoms with van der Waals surface area (Å²) in [7, 11) is -0.668. The topological polar surface area (TPSA) is 36.9 Å². The molecule has 1 unspecified atom stereocenters. The largest absolute Gasteiger partial charge is 0.505 e. The third-order valence-corrected chi connectivity index (χ3v) is 15.2. The molecule has 2 aliphatic rings. The molecule has 0 spiro atoms. The Morgan fingerprint density at radius 1 is 0.500 bits per heavy atom. The average Bonchev–Trinajstić information content (AvgIpc) is 3.80. The second kappa shape index (κ2) is 20.0. The molecule has 0 radical (unpaired) electrons. The van der Waals surface area contributed by atoms with Crippen molar-refractivity contribution in [1.29, 1.82) is 0 Å². The minimum Gasteiger partial charge on any atom is -0.399 e. The summed E-state index contributed by atoms with van der Waals surface area (Å²) in [5.41, 5.74) is 1.35. The van der Waals surface area contributed by atoms with E-state index in [1.54, 1.807) is 0 Å². The molecule has 0 bridgehead atoms. The van der Waals surface area contributed by atoms with Gasteiger partial charge in [-0.2, -0.15) is 0 Å². The van der Waals surface area contributed by atoms with Crippen molar-refractivity contribution in [3.8, 4) is 9.75 Å². The van der Waals surface area contributed by atoms with Gasteiger partial charge < -0.3 is 18.6 Å². The van der Waals surface area contributed by atoms with Crippen molar-refractivity contribution in [3.05, 3.63) is 23.3 Å². The maximum absolute atomic E-state index is 6.71. The zero-order valence-corrected chi connectivity index (χ0v) is 37.1. The molecule has 52 heavy (non-hydrogen) atoms. The van der Waals surface area contributed by atoms with Gasteiger partial charge in [0.05, 0.1) is 22.4 Å². The third kappa shape index (κ3) is 11.7.